The highest BCUT2D eigenvalue weighted by Crippen LogP contribution is 2.20. The molecule has 0 aliphatic rings. The summed E-state index contributed by atoms with van der Waals surface area (Å²) in [6, 6.07) is 3.71. The van der Waals surface area contributed by atoms with Crippen LogP contribution in [0.25, 0.3) is 0 Å². The van der Waals surface area contributed by atoms with Gasteiger partial charge in [-0.15, -0.1) is 0 Å². The molecule has 0 radical (unpaired) electrons. The van der Waals surface area contributed by atoms with Gasteiger partial charge in [0.05, 0.1) is 12.7 Å². The van der Waals surface area contributed by atoms with Gasteiger partial charge in [-0.3, -0.25) is 0 Å². The van der Waals surface area contributed by atoms with Gasteiger partial charge in [-0.1, -0.05) is 0 Å². The molecule has 1 aromatic carbocycles. The van der Waals surface area contributed by atoms with E-state index >= 15 is 0 Å². The van der Waals surface area contributed by atoms with Gasteiger partial charge >= 0.3 is 5.97 Å². The van der Waals surface area contributed by atoms with Gasteiger partial charge in [0, 0.05) is 6.07 Å². The third-order valence-electron chi connectivity index (χ3n) is 1.63. The Labute approximate surface area is 79.2 Å². The zero-order valence-electron chi connectivity index (χ0n) is 7.24. The Morgan fingerprint density at radius 2 is 2.29 bits per heavy atom. The molecule has 0 fully saturated rings. The van der Waals surface area contributed by atoms with Crippen molar-refractivity contribution in [2.45, 2.75) is 0 Å². The fourth-order valence-corrected chi connectivity index (χ4v) is 0.953. The molecule has 1 rings (SSSR count). The Hall–Kier alpha value is -2.09. The van der Waals surface area contributed by atoms with E-state index in [4.69, 9.17) is 15.1 Å². The third kappa shape index (κ3) is 1.64. The monoisotopic (exact) mass is 195 g/mol. The summed E-state index contributed by atoms with van der Waals surface area (Å²) in [7, 11) is 1.31. The van der Waals surface area contributed by atoms with Crippen molar-refractivity contribution in [2.24, 2.45) is 0 Å². The van der Waals surface area contributed by atoms with E-state index in [0.717, 1.165) is 12.1 Å². The number of carboxylic acid groups (broad SMARTS) is 1. The summed E-state index contributed by atoms with van der Waals surface area (Å²) < 4.78 is 17.9. The van der Waals surface area contributed by atoms with Gasteiger partial charge in [0.15, 0.2) is 5.82 Å². The summed E-state index contributed by atoms with van der Waals surface area (Å²) in [5.41, 5.74) is -0.914. The summed E-state index contributed by atoms with van der Waals surface area (Å²) >= 11 is 0. The van der Waals surface area contributed by atoms with Crippen LogP contribution in [-0.4, -0.2) is 18.2 Å². The van der Waals surface area contributed by atoms with Crippen molar-refractivity contribution in [3.8, 4) is 11.8 Å². The zero-order valence-corrected chi connectivity index (χ0v) is 7.24. The van der Waals surface area contributed by atoms with Crippen molar-refractivity contribution in [1.29, 1.82) is 5.26 Å². The van der Waals surface area contributed by atoms with E-state index < -0.39 is 17.3 Å². The van der Waals surface area contributed by atoms with Crippen LogP contribution >= 0.6 is 0 Å². The Morgan fingerprint density at radius 3 is 2.71 bits per heavy atom. The number of nitriles is 1. The second kappa shape index (κ2) is 3.75. The average molecular weight is 195 g/mol. The SMILES string of the molecule is COc1cc(C#N)c(F)c(C(=O)O)c1. The van der Waals surface area contributed by atoms with Crippen molar-refractivity contribution in [3.05, 3.63) is 29.1 Å². The van der Waals surface area contributed by atoms with Crippen LogP contribution in [-0.2, 0) is 0 Å². The smallest absolute Gasteiger partial charge is 0.338 e. The molecular weight excluding hydrogens is 189 g/mol. The van der Waals surface area contributed by atoms with Crippen LogP contribution in [0.15, 0.2) is 12.1 Å². The number of halogens is 1. The first kappa shape index (κ1) is 9.99. The predicted molar refractivity (Wildman–Crippen MR) is 44.6 cm³/mol. The molecule has 1 N–H and O–H groups in total. The normalized spacial score (nSPS) is 9.21. The topological polar surface area (TPSA) is 70.3 Å². The van der Waals surface area contributed by atoms with Crippen molar-refractivity contribution in [3.63, 3.8) is 0 Å². The van der Waals surface area contributed by atoms with Crippen molar-refractivity contribution < 1.29 is 19.0 Å². The number of ether oxygens (including phenoxy) is 1. The quantitative estimate of drug-likeness (QED) is 0.774. The van der Waals surface area contributed by atoms with Crippen LogP contribution < -0.4 is 4.74 Å². The van der Waals surface area contributed by atoms with Gasteiger partial charge in [0.1, 0.15) is 17.4 Å². The lowest BCUT2D eigenvalue weighted by molar-refractivity contribution is 0.0691. The second-order valence-corrected chi connectivity index (χ2v) is 2.45. The molecule has 0 saturated carbocycles. The van der Waals surface area contributed by atoms with E-state index in [-0.39, 0.29) is 11.3 Å². The molecule has 0 heterocycles. The van der Waals surface area contributed by atoms with Crippen LogP contribution in [0.1, 0.15) is 15.9 Å². The van der Waals surface area contributed by atoms with Crippen molar-refractivity contribution in [2.75, 3.05) is 7.11 Å². The molecule has 72 valence electrons. The second-order valence-electron chi connectivity index (χ2n) is 2.45. The molecule has 0 atom stereocenters. The third-order valence-corrected chi connectivity index (χ3v) is 1.63. The van der Waals surface area contributed by atoms with Crippen LogP contribution in [0.3, 0.4) is 0 Å². The number of benzene rings is 1. The highest BCUT2D eigenvalue weighted by Gasteiger charge is 2.16. The van der Waals surface area contributed by atoms with Crippen LogP contribution in [0, 0.1) is 17.1 Å². The van der Waals surface area contributed by atoms with E-state index in [0.29, 0.717) is 0 Å². The standard InChI is InChI=1S/C9H6FNO3/c1-14-6-2-5(4-11)8(10)7(3-6)9(12)13/h2-3H,1H3,(H,12,13). The van der Waals surface area contributed by atoms with Gasteiger partial charge in [-0.2, -0.15) is 5.26 Å². The first-order valence-corrected chi connectivity index (χ1v) is 3.61. The fourth-order valence-electron chi connectivity index (χ4n) is 0.953. The van der Waals surface area contributed by atoms with Crippen LogP contribution in [0.2, 0.25) is 0 Å². The fraction of sp³-hybridized carbons (Fsp3) is 0.111. The minimum absolute atomic E-state index is 0.139. The first-order chi connectivity index (χ1) is 6.60. The predicted octanol–water partition coefficient (Wildman–Crippen LogP) is 1.40. The van der Waals surface area contributed by atoms with E-state index in [1.165, 1.54) is 7.11 Å². The van der Waals surface area contributed by atoms with Gasteiger partial charge in [-0.25, -0.2) is 9.18 Å². The maximum atomic E-state index is 13.2. The molecule has 5 heteroatoms. The number of methoxy groups -OCH3 is 1. The molecule has 0 unspecified atom stereocenters. The number of carbonyl (C=O) groups is 1. The lowest BCUT2D eigenvalue weighted by atomic mass is 10.1. The minimum atomic E-state index is -1.43. The Bertz CT molecular complexity index is 423. The number of nitrogens with zero attached hydrogens (tertiary/aromatic N) is 1. The van der Waals surface area contributed by atoms with E-state index in [2.05, 4.69) is 0 Å². The van der Waals surface area contributed by atoms with E-state index in [1.54, 1.807) is 6.07 Å². The largest absolute Gasteiger partial charge is 0.497 e. The molecule has 0 saturated heterocycles. The molecule has 0 aromatic heterocycles. The number of hydrogen-bond acceptors (Lipinski definition) is 3. The molecule has 0 amide bonds. The number of carboxylic acids is 1. The summed E-state index contributed by atoms with van der Waals surface area (Å²) in [4.78, 5) is 10.6. The van der Waals surface area contributed by atoms with Gasteiger partial charge in [0.2, 0.25) is 0 Å². The summed E-state index contributed by atoms with van der Waals surface area (Å²) in [5.74, 6) is -2.33. The molecule has 0 aliphatic carbocycles. The Balaban J connectivity index is 3.44. The summed E-state index contributed by atoms with van der Waals surface area (Å²) in [6.07, 6.45) is 0. The lowest BCUT2D eigenvalue weighted by Crippen LogP contribution is -2.03. The first-order valence-electron chi connectivity index (χ1n) is 3.61. The van der Waals surface area contributed by atoms with Crippen molar-refractivity contribution >= 4 is 5.97 Å². The Morgan fingerprint density at radius 1 is 1.64 bits per heavy atom. The lowest BCUT2D eigenvalue weighted by Gasteiger charge is -2.03. The molecule has 1 aromatic rings. The molecule has 14 heavy (non-hydrogen) atoms. The zero-order chi connectivity index (χ0) is 10.7. The van der Waals surface area contributed by atoms with Crippen LogP contribution in [0.4, 0.5) is 4.39 Å². The van der Waals surface area contributed by atoms with Gasteiger partial charge in [-0.05, 0) is 6.07 Å². The molecular formula is C9H6FNO3. The number of rotatable bonds is 2. The number of hydrogen-bond donors (Lipinski definition) is 1. The molecule has 0 spiro atoms. The Kier molecular flexibility index (Phi) is 2.67. The van der Waals surface area contributed by atoms with Crippen LogP contribution in [0.5, 0.6) is 5.75 Å². The van der Waals surface area contributed by atoms with Gasteiger partial charge in [0.25, 0.3) is 0 Å². The number of aromatic carboxylic acids is 1. The van der Waals surface area contributed by atoms with E-state index in [1.807, 2.05) is 0 Å². The highest BCUT2D eigenvalue weighted by molar-refractivity contribution is 5.89. The summed E-state index contributed by atoms with van der Waals surface area (Å²) in [5, 5.41) is 17.1. The van der Waals surface area contributed by atoms with E-state index in [9.17, 15) is 9.18 Å². The molecule has 0 aliphatic heterocycles. The summed E-state index contributed by atoms with van der Waals surface area (Å²) in [6.45, 7) is 0. The molecule has 0 bridgehead atoms. The molecule has 4 nitrogen and oxygen atoms in total. The average Bonchev–Trinajstić information content (AvgIpc) is 2.17. The maximum Gasteiger partial charge on any atom is 0.338 e. The van der Waals surface area contributed by atoms with Gasteiger partial charge < -0.3 is 9.84 Å². The minimum Gasteiger partial charge on any atom is -0.497 e. The maximum absolute atomic E-state index is 13.2. The highest BCUT2D eigenvalue weighted by atomic mass is 19.1. The van der Waals surface area contributed by atoms with Crippen molar-refractivity contribution in [1.82, 2.24) is 0 Å².